The Balaban J connectivity index is 1.61. The molecule has 3 unspecified atom stereocenters. The molecule has 1 aliphatic carbocycles. The Hall–Kier alpha value is -1.49. The third-order valence-corrected chi connectivity index (χ3v) is 4.80. The van der Waals surface area contributed by atoms with Gasteiger partial charge in [-0.15, -0.1) is 0 Å². The first-order chi connectivity index (χ1) is 10.6. The maximum atomic E-state index is 13.3. The summed E-state index contributed by atoms with van der Waals surface area (Å²) in [7, 11) is 1.93. The van der Waals surface area contributed by atoms with Crippen molar-refractivity contribution in [2.45, 2.75) is 25.2 Å². The van der Waals surface area contributed by atoms with Gasteiger partial charge in [-0.2, -0.15) is 0 Å². The Kier molecular flexibility index (Phi) is 4.43. The lowest BCUT2D eigenvalue weighted by molar-refractivity contribution is -0.134. The number of hydrogen-bond acceptors (Lipinski definition) is 2. The lowest BCUT2D eigenvalue weighted by Crippen LogP contribution is -2.43. The number of likely N-dealkylation sites (tertiary alicyclic amines) is 1. The highest BCUT2D eigenvalue weighted by atomic mass is 19.2. The van der Waals surface area contributed by atoms with Gasteiger partial charge in [-0.3, -0.25) is 4.79 Å². The molecular weight excluding hydrogens is 286 g/mol. The molecule has 1 aliphatic heterocycles. The zero-order chi connectivity index (χ0) is 15.7. The molecule has 1 amide bonds. The number of carbonyl (C=O) groups is 1. The second-order valence-electron chi connectivity index (χ2n) is 6.47. The topological polar surface area (TPSA) is 32.3 Å². The van der Waals surface area contributed by atoms with Crippen LogP contribution in [0.4, 0.5) is 8.78 Å². The van der Waals surface area contributed by atoms with Crippen LogP contribution in [0.25, 0.3) is 0 Å². The molecule has 3 nitrogen and oxygen atoms in total. The smallest absolute Gasteiger partial charge is 0.226 e. The van der Waals surface area contributed by atoms with Gasteiger partial charge in [-0.25, -0.2) is 8.78 Å². The number of rotatable bonds is 4. The average Bonchev–Trinajstić information content (AvgIpc) is 3.30. The summed E-state index contributed by atoms with van der Waals surface area (Å²) in [5.74, 6) is -0.981. The number of carbonyl (C=O) groups excluding carboxylic acids is 1. The van der Waals surface area contributed by atoms with Crippen molar-refractivity contribution in [2.75, 3.05) is 26.7 Å². The van der Waals surface area contributed by atoms with Gasteiger partial charge < -0.3 is 10.2 Å². The van der Waals surface area contributed by atoms with Crippen LogP contribution >= 0.6 is 0 Å². The molecule has 0 radical (unpaired) electrons. The van der Waals surface area contributed by atoms with E-state index in [4.69, 9.17) is 0 Å². The third kappa shape index (κ3) is 3.14. The molecule has 1 saturated heterocycles. The van der Waals surface area contributed by atoms with E-state index in [1.165, 1.54) is 6.07 Å². The molecule has 1 N–H and O–H groups in total. The van der Waals surface area contributed by atoms with Crippen LogP contribution in [0.3, 0.4) is 0 Å². The molecular formula is C17H22F2N2O. The van der Waals surface area contributed by atoms with E-state index in [1.807, 2.05) is 11.9 Å². The fourth-order valence-corrected chi connectivity index (χ4v) is 3.53. The van der Waals surface area contributed by atoms with Crippen LogP contribution in [0.1, 0.15) is 30.7 Å². The molecule has 2 fully saturated rings. The summed E-state index contributed by atoms with van der Waals surface area (Å²) < 4.78 is 26.3. The van der Waals surface area contributed by atoms with E-state index in [2.05, 4.69) is 5.32 Å². The monoisotopic (exact) mass is 308 g/mol. The summed E-state index contributed by atoms with van der Waals surface area (Å²) in [5.41, 5.74) is 0.737. The second-order valence-corrected chi connectivity index (χ2v) is 6.47. The molecule has 1 aromatic rings. The van der Waals surface area contributed by atoms with Crippen molar-refractivity contribution >= 4 is 5.91 Å². The number of amides is 1. The minimum atomic E-state index is -0.835. The Morgan fingerprint density at radius 1 is 1.36 bits per heavy atom. The molecule has 3 atom stereocenters. The number of halogens is 2. The largest absolute Gasteiger partial charge is 0.342 e. The number of piperidine rings is 1. The first-order valence-electron chi connectivity index (χ1n) is 7.98. The SMILES string of the molecule is CNCC1CCCN(C(=O)C2CC2c2ccc(F)c(F)c2)C1. The van der Waals surface area contributed by atoms with Crippen LogP contribution in [-0.2, 0) is 4.79 Å². The van der Waals surface area contributed by atoms with Crippen LogP contribution < -0.4 is 5.32 Å². The van der Waals surface area contributed by atoms with Crippen molar-refractivity contribution in [3.05, 3.63) is 35.4 Å². The standard InChI is InChI=1S/C17H22F2N2O/c1-20-9-11-3-2-6-21(10-11)17(22)14-8-13(14)12-4-5-15(18)16(19)7-12/h4-5,7,11,13-14,20H,2-3,6,8-10H2,1H3. The number of hydrogen-bond donors (Lipinski definition) is 1. The Bertz CT molecular complexity index is 562. The zero-order valence-corrected chi connectivity index (χ0v) is 12.8. The van der Waals surface area contributed by atoms with Gasteiger partial charge >= 0.3 is 0 Å². The van der Waals surface area contributed by atoms with Gasteiger partial charge in [0.25, 0.3) is 0 Å². The van der Waals surface area contributed by atoms with Crippen LogP contribution in [-0.4, -0.2) is 37.5 Å². The summed E-state index contributed by atoms with van der Waals surface area (Å²) in [6, 6.07) is 3.97. The van der Waals surface area contributed by atoms with E-state index in [9.17, 15) is 13.6 Å². The van der Waals surface area contributed by atoms with Crippen molar-refractivity contribution in [2.24, 2.45) is 11.8 Å². The summed E-state index contributed by atoms with van der Waals surface area (Å²) in [6.07, 6.45) is 2.94. The molecule has 5 heteroatoms. The normalized spacial score (nSPS) is 27.8. The number of nitrogens with one attached hydrogen (secondary N) is 1. The Morgan fingerprint density at radius 2 is 2.18 bits per heavy atom. The van der Waals surface area contributed by atoms with Crippen LogP contribution in [0.2, 0.25) is 0 Å². The highest BCUT2D eigenvalue weighted by Gasteiger charge is 2.46. The summed E-state index contributed by atoms with van der Waals surface area (Å²) in [6.45, 7) is 2.56. The van der Waals surface area contributed by atoms with Gasteiger partial charge in [-0.1, -0.05) is 6.07 Å². The van der Waals surface area contributed by atoms with Crippen molar-refractivity contribution in [3.8, 4) is 0 Å². The van der Waals surface area contributed by atoms with E-state index < -0.39 is 11.6 Å². The minimum Gasteiger partial charge on any atom is -0.342 e. The van der Waals surface area contributed by atoms with E-state index >= 15 is 0 Å². The van der Waals surface area contributed by atoms with E-state index in [0.717, 1.165) is 50.5 Å². The highest BCUT2D eigenvalue weighted by Crippen LogP contribution is 2.49. The lowest BCUT2D eigenvalue weighted by Gasteiger charge is -2.33. The quantitative estimate of drug-likeness (QED) is 0.927. The lowest BCUT2D eigenvalue weighted by atomic mass is 9.97. The van der Waals surface area contributed by atoms with E-state index in [1.54, 1.807) is 6.07 Å². The van der Waals surface area contributed by atoms with Gasteiger partial charge in [0.15, 0.2) is 11.6 Å². The van der Waals surface area contributed by atoms with E-state index in [-0.39, 0.29) is 17.7 Å². The number of benzene rings is 1. The maximum absolute atomic E-state index is 13.3. The molecule has 0 aromatic heterocycles. The van der Waals surface area contributed by atoms with Crippen molar-refractivity contribution < 1.29 is 13.6 Å². The Labute approximate surface area is 129 Å². The van der Waals surface area contributed by atoms with Crippen LogP contribution in [0, 0.1) is 23.5 Å². The van der Waals surface area contributed by atoms with Crippen molar-refractivity contribution in [1.82, 2.24) is 10.2 Å². The van der Waals surface area contributed by atoms with Gasteiger partial charge in [0.1, 0.15) is 0 Å². The zero-order valence-electron chi connectivity index (χ0n) is 12.8. The molecule has 1 heterocycles. The summed E-state index contributed by atoms with van der Waals surface area (Å²) in [5, 5.41) is 3.17. The van der Waals surface area contributed by atoms with Gasteiger partial charge in [0, 0.05) is 19.0 Å². The molecule has 2 aliphatic rings. The third-order valence-electron chi connectivity index (χ3n) is 4.80. The molecule has 0 spiro atoms. The highest BCUT2D eigenvalue weighted by molar-refractivity contribution is 5.83. The average molecular weight is 308 g/mol. The van der Waals surface area contributed by atoms with Gasteiger partial charge in [0.2, 0.25) is 5.91 Å². The second kappa shape index (κ2) is 6.32. The fraction of sp³-hybridized carbons (Fsp3) is 0.588. The van der Waals surface area contributed by atoms with Gasteiger partial charge in [-0.05, 0) is 62.4 Å². The predicted molar refractivity (Wildman–Crippen MR) is 80.4 cm³/mol. The molecule has 22 heavy (non-hydrogen) atoms. The minimum absolute atomic E-state index is 0.0484. The van der Waals surface area contributed by atoms with Gasteiger partial charge in [0.05, 0.1) is 0 Å². The molecule has 1 saturated carbocycles. The number of nitrogens with zero attached hydrogens (tertiary/aromatic N) is 1. The first-order valence-corrected chi connectivity index (χ1v) is 7.98. The molecule has 3 rings (SSSR count). The Morgan fingerprint density at radius 3 is 2.91 bits per heavy atom. The first kappa shape index (κ1) is 15.4. The molecule has 1 aromatic carbocycles. The molecule has 120 valence electrons. The predicted octanol–water partition coefficient (Wildman–Crippen LogP) is 2.53. The van der Waals surface area contributed by atoms with Crippen molar-refractivity contribution in [3.63, 3.8) is 0 Å². The van der Waals surface area contributed by atoms with E-state index in [0.29, 0.717) is 5.92 Å². The summed E-state index contributed by atoms with van der Waals surface area (Å²) >= 11 is 0. The molecule has 0 bridgehead atoms. The van der Waals surface area contributed by atoms with Crippen LogP contribution in [0.5, 0.6) is 0 Å². The van der Waals surface area contributed by atoms with Crippen LogP contribution in [0.15, 0.2) is 18.2 Å². The maximum Gasteiger partial charge on any atom is 0.226 e. The van der Waals surface area contributed by atoms with Crippen molar-refractivity contribution in [1.29, 1.82) is 0 Å². The summed E-state index contributed by atoms with van der Waals surface area (Å²) in [4.78, 5) is 14.5. The fourth-order valence-electron chi connectivity index (χ4n) is 3.53.